The van der Waals surface area contributed by atoms with E-state index in [-0.39, 0.29) is 30.6 Å². The number of alkyl carbamates (subject to hydrolysis) is 1. The fourth-order valence-corrected chi connectivity index (χ4v) is 4.74. The molecule has 3 aliphatic carbocycles. The van der Waals surface area contributed by atoms with Gasteiger partial charge in [0.2, 0.25) is 0 Å². The van der Waals surface area contributed by atoms with E-state index in [4.69, 9.17) is 9.47 Å². The molecule has 142 valence electrons. The summed E-state index contributed by atoms with van der Waals surface area (Å²) in [5, 5.41) is 2.61. The van der Waals surface area contributed by atoms with E-state index < -0.39 is 23.7 Å². The molecule has 0 radical (unpaired) electrons. The number of nitrogens with one attached hydrogen (secondary N) is 1. The summed E-state index contributed by atoms with van der Waals surface area (Å²) < 4.78 is 11.0. The Kier molecular flexibility index (Phi) is 3.75. The highest BCUT2D eigenvalue weighted by Crippen LogP contribution is 2.54. The number of rotatable bonds is 3. The SMILES string of the molecule is O=C(NC1C[C@@]2(C=CC(=O)C3=C2C2C=CC3C2)OC1=O)OCc1ccccc1. The first-order valence-corrected chi connectivity index (χ1v) is 9.42. The average molecular weight is 377 g/mol. The molecule has 1 saturated heterocycles. The second-order valence-electron chi connectivity index (χ2n) is 7.63. The Hall–Kier alpha value is -3.15. The van der Waals surface area contributed by atoms with Crippen molar-refractivity contribution in [1.82, 2.24) is 5.32 Å². The number of fused-ring (bicyclic) bond motifs is 5. The zero-order chi connectivity index (χ0) is 19.3. The molecule has 5 rings (SSSR count). The summed E-state index contributed by atoms with van der Waals surface area (Å²) in [6.07, 6.45) is 7.78. The van der Waals surface area contributed by atoms with Gasteiger partial charge in [0.1, 0.15) is 12.6 Å². The van der Waals surface area contributed by atoms with Crippen molar-refractivity contribution in [2.75, 3.05) is 0 Å². The van der Waals surface area contributed by atoms with Gasteiger partial charge in [0, 0.05) is 23.8 Å². The molecule has 28 heavy (non-hydrogen) atoms. The maximum absolute atomic E-state index is 12.5. The van der Waals surface area contributed by atoms with Crippen LogP contribution in [0, 0.1) is 11.8 Å². The smallest absolute Gasteiger partial charge is 0.408 e. The van der Waals surface area contributed by atoms with Crippen LogP contribution in [0.3, 0.4) is 0 Å². The van der Waals surface area contributed by atoms with Gasteiger partial charge < -0.3 is 14.8 Å². The number of hydrogen-bond acceptors (Lipinski definition) is 5. The van der Waals surface area contributed by atoms with E-state index in [1.165, 1.54) is 6.08 Å². The van der Waals surface area contributed by atoms with Gasteiger partial charge in [-0.05, 0) is 29.7 Å². The normalized spacial score (nSPS) is 32.1. The molecule has 4 aliphatic rings. The molecule has 1 heterocycles. The minimum Gasteiger partial charge on any atom is -0.449 e. The van der Waals surface area contributed by atoms with Crippen LogP contribution in [0.2, 0.25) is 0 Å². The van der Waals surface area contributed by atoms with E-state index in [9.17, 15) is 14.4 Å². The van der Waals surface area contributed by atoms with Gasteiger partial charge in [-0.2, -0.15) is 0 Å². The van der Waals surface area contributed by atoms with Gasteiger partial charge in [-0.15, -0.1) is 0 Å². The minimum atomic E-state index is -0.943. The van der Waals surface area contributed by atoms with Crippen LogP contribution in [0.25, 0.3) is 0 Å². The number of carbonyl (C=O) groups excluding carboxylic acids is 3. The maximum Gasteiger partial charge on any atom is 0.408 e. The first kappa shape index (κ1) is 17.0. The van der Waals surface area contributed by atoms with Crippen LogP contribution in [0.5, 0.6) is 0 Å². The number of benzene rings is 1. The highest BCUT2D eigenvalue weighted by Gasteiger charge is 2.56. The molecule has 1 aliphatic heterocycles. The average Bonchev–Trinajstić information content (AvgIpc) is 3.39. The van der Waals surface area contributed by atoms with E-state index in [2.05, 4.69) is 17.5 Å². The summed E-state index contributed by atoms with van der Waals surface area (Å²) in [6.45, 7) is 0.123. The van der Waals surface area contributed by atoms with Crippen molar-refractivity contribution in [3.05, 3.63) is 71.3 Å². The first-order valence-electron chi connectivity index (χ1n) is 9.42. The first-order chi connectivity index (χ1) is 13.6. The fourth-order valence-electron chi connectivity index (χ4n) is 4.74. The zero-order valence-corrected chi connectivity index (χ0v) is 15.1. The van der Waals surface area contributed by atoms with Crippen LogP contribution in [0.4, 0.5) is 4.79 Å². The zero-order valence-electron chi connectivity index (χ0n) is 15.1. The molecular formula is C22H19NO5. The largest absolute Gasteiger partial charge is 0.449 e. The lowest BCUT2D eigenvalue weighted by Gasteiger charge is -2.33. The van der Waals surface area contributed by atoms with Crippen molar-refractivity contribution < 1.29 is 23.9 Å². The standard InChI is InChI=1S/C22H19NO5/c24-17-8-9-22(19-15-7-6-14(10-15)18(17)19)11-16(20(25)28-22)23-21(26)27-12-13-4-2-1-3-5-13/h1-9,14-16H,10-12H2,(H,23,26)/t14?,15?,16?,22-/m1/s1. The number of ether oxygens (including phenoxy) is 2. The molecule has 0 aromatic heterocycles. The van der Waals surface area contributed by atoms with E-state index >= 15 is 0 Å². The fraction of sp³-hybridized carbons (Fsp3) is 0.318. The summed E-state index contributed by atoms with van der Waals surface area (Å²) in [4.78, 5) is 37.0. The molecule has 3 unspecified atom stereocenters. The molecule has 1 amide bonds. The number of esters is 1. The lowest BCUT2D eigenvalue weighted by Crippen LogP contribution is -2.39. The van der Waals surface area contributed by atoms with Crippen LogP contribution in [0.15, 0.2) is 65.8 Å². The lowest BCUT2D eigenvalue weighted by atomic mass is 9.76. The molecular weight excluding hydrogens is 358 g/mol. The van der Waals surface area contributed by atoms with Crippen molar-refractivity contribution in [2.45, 2.75) is 31.1 Å². The third kappa shape index (κ3) is 2.59. The van der Waals surface area contributed by atoms with Crippen molar-refractivity contribution >= 4 is 17.8 Å². The topological polar surface area (TPSA) is 81.7 Å². The third-order valence-corrected chi connectivity index (χ3v) is 5.92. The number of carbonyl (C=O) groups is 3. The Morgan fingerprint density at radius 2 is 1.96 bits per heavy atom. The second kappa shape index (κ2) is 6.19. The van der Waals surface area contributed by atoms with Crippen molar-refractivity contribution in [3.63, 3.8) is 0 Å². The minimum absolute atomic E-state index is 0.00722. The van der Waals surface area contributed by atoms with Gasteiger partial charge in [0.25, 0.3) is 0 Å². The molecule has 0 saturated carbocycles. The molecule has 1 aromatic rings. The molecule has 4 atom stereocenters. The predicted octanol–water partition coefficient (Wildman–Crippen LogP) is 2.61. The highest BCUT2D eigenvalue weighted by atomic mass is 16.6. The Labute approximate surface area is 161 Å². The van der Waals surface area contributed by atoms with Crippen LogP contribution in [0.1, 0.15) is 18.4 Å². The van der Waals surface area contributed by atoms with Gasteiger partial charge in [0.05, 0.1) is 0 Å². The van der Waals surface area contributed by atoms with E-state index in [1.807, 2.05) is 30.3 Å². The number of allylic oxidation sites excluding steroid dienone is 4. The van der Waals surface area contributed by atoms with Crippen LogP contribution >= 0.6 is 0 Å². The molecule has 1 spiro atoms. The molecule has 1 aromatic carbocycles. The predicted molar refractivity (Wildman–Crippen MR) is 98.9 cm³/mol. The molecule has 6 nitrogen and oxygen atoms in total. The Bertz CT molecular complexity index is 960. The quantitative estimate of drug-likeness (QED) is 0.647. The molecule has 2 bridgehead atoms. The Morgan fingerprint density at radius 1 is 1.18 bits per heavy atom. The molecule has 6 heteroatoms. The monoisotopic (exact) mass is 377 g/mol. The van der Waals surface area contributed by atoms with Crippen molar-refractivity contribution in [3.8, 4) is 0 Å². The summed E-state index contributed by atoms with van der Waals surface area (Å²) >= 11 is 0. The maximum atomic E-state index is 12.5. The summed E-state index contributed by atoms with van der Waals surface area (Å²) in [5.41, 5.74) is 1.57. The third-order valence-electron chi connectivity index (χ3n) is 5.92. The van der Waals surface area contributed by atoms with E-state index in [1.54, 1.807) is 6.08 Å². The number of hydrogen-bond donors (Lipinski definition) is 1. The summed E-state index contributed by atoms with van der Waals surface area (Å²) in [7, 11) is 0. The Morgan fingerprint density at radius 3 is 2.79 bits per heavy atom. The van der Waals surface area contributed by atoms with Crippen LogP contribution < -0.4 is 5.32 Å². The molecule has 1 N–H and O–H groups in total. The van der Waals surface area contributed by atoms with Crippen molar-refractivity contribution in [2.24, 2.45) is 11.8 Å². The van der Waals surface area contributed by atoms with Crippen molar-refractivity contribution in [1.29, 1.82) is 0 Å². The van der Waals surface area contributed by atoms with Gasteiger partial charge in [-0.1, -0.05) is 42.5 Å². The summed E-state index contributed by atoms with van der Waals surface area (Å²) in [5.74, 6) is -0.289. The summed E-state index contributed by atoms with van der Waals surface area (Å²) in [6, 6.07) is 8.51. The van der Waals surface area contributed by atoms with Gasteiger partial charge >= 0.3 is 12.1 Å². The van der Waals surface area contributed by atoms with Crippen LogP contribution in [-0.4, -0.2) is 29.5 Å². The number of ketones is 1. The number of amides is 1. The van der Waals surface area contributed by atoms with Crippen LogP contribution in [-0.2, 0) is 25.7 Å². The van der Waals surface area contributed by atoms with Gasteiger partial charge in [-0.25, -0.2) is 9.59 Å². The Balaban J connectivity index is 1.30. The highest BCUT2D eigenvalue weighted by molar-refractivity contribution is 6.08. The molecule has 1 fully saturated rings. The second-order valence-corrected chi connectivity index (χ2v) is 7.63. The van der Waals surface area contributed by atoms with E-state index in [0.717, 1.165) is 23.1 Å². The lowest BCUT2D eigenvalue weighted by molar-refractivity contribution is -0.145. The van der Waals surface area contributed by atoms with Gasteiger partial charge in [0.15, 0.2) is 11.4 Å². The van der Waals surface area contributed by atoms with E-state index in [0.29, 0.717) is 0 Å². The van der Waals surface area contributed by atoms with Gasteiger partial charge in [-0.3, -0.25) is 4.79 Å².